The van der Waals surface area contributed by atoms with E-state index in [1.807, 2.05) is 19.1 Å². The van der Waals surface area contributed by atoms with Crippen molar-refractivity contribution in [3.8, 4) is 0 Å². The smallest absolute Gasteiger partial charge is 0.260 e. The van der Waals surface area contributed by atoms with Gasteiger partial charge in [-0.3, -0.25) is 4.79 Å². The van der Waals surface area contributed by atoms with E-state index in [1.165, 1.54) is 17.0 Å². The highest BCUT2D eigenvalue weighted by atomic mass is 32.1. The van der Waals surface area contributed by atoms with Gasteiger partial charge in [0, 0.05) is 48.0 Å². The highest BCUT2D eigenvalue weighted by Crippen LogP contribution is 2.37. The third-order valence-electron chi connectivity index (χ3n) is 4.83. The fraction of sp³-hybridized carbons (Fsp3) is 0.286. The Morgan fingerprint density at radius 2 is 1.93 bits per heavy atom. The van der Waals surface area contributed by atoms with E-state index in [2.05, 4.69) is 40.6 Å². The average molecular weight is 383 g/mol. The molecule has 0 aliphatic carbocycles. The zero-order valence-corrected chi connectivity index (χ0v) is 16.5. The number of aryl methyl sites for hydroxylation is 1. The summed E-state index contributed by atoms with van der Waals surface area (Å²) in [5, 5.41) is 0. The molecule has 5 nitrogen and oxygen atoms in total. The number of rotatable bonds is 5. The molecule has 4 N–H and O–H groups in total. The molecule has 0 saturated carbocycles. The van der Waals surface area contributed by atoms with Crippen molar-refractivity contribution in [1.29, 1.82) is 0 Å². The maximum Gasteiger partial charge on any atom is 0.260 e. The van der Waals surface area contributed by atoms with Crippen molar-refractivity contribution in [2.24, 2.45) is 5.73 Å². The van der Waals surface area contributed by atoms with Gasteiger partial charge >= 0.3 is 0 Å². The molecular weight excluding hydrogens is 356 g/mol. The number of allylic oxidation sites excluding steroid dienone is 2. The van der Waals surface area contributed by atoms with E-state index in [0.717, 1.165) is 48.7 Å². The van der Waals surface area contributed by atoms with Crippen molar-refractivity contribution in [3.05, 3.63) is 64.4 Å². The van der Waals surface area contributed by atoms with E-state index >= 15 is 0 Å². The molecule has 0 spiro atoms. The van der Waals surface area contributed by atoms with Crippen molar-refractivity contribution < 1.29 is 4.79 Å². The first-order valence-electron chi connectivity index (χ1n) is 9.09. The zero-order valence-electron chi connectivity index (χ0n) is 15.6. The first kappa shape index (κ1) is 19.0. The molecule has 1 aliphatic rings. The second-order valence-electron chi connectivity index (χ2n) is 6.59. The van der Waals surface area contributed by atoms with Crippen LogP contribution in [0.1, 0.15) is 26.5 Å². The second kappa shape index (κ2) is 8.31. The molecule has 6 heteroatoms. The van der Waals surface area contributed by atoms with Crippen molar-refractivity contribution >= 4 is 34.3 Å². The maximum absolute atomic E-state index is 11.7. The molecule has 1 aromatic heterocycles. The fourth-order valence-corrected chi connectivity index (χ4v) is 4.51. The fourth-order valence-electron chi connectivity index (χ4n) is 3.58. The summed E-state index contributed by atoms with van der Waals surface area (Å²) in [6, 6.07) is 10.5. The SMILES string of the molecule is C=C/C=C(\c1c(C)sc(C(N)=O)c1N)N1CCCN(c2ccccc2)CC1. The summed E-state index contributed by atoms with van der Waals surface area (Å²) in [6.45, 7) is 9.56. The van der Waals surface area contributed by atoms with Gasteiger partial charge in [-0.2, -0.15) is 0 Å². The van der Waals surface area contributed by atoms with Gasteiger partial charge in [-0.15, -0.1) is 11.3 Å². The number of nitrogens with zero attached hydrogens (tertiary/aromatic N) is 2. The molecule has 2 aromatic rings. The molecule has 2 heterocycles. The Labute approximate surface area is 164 Å². The first-order chi connectivity index (χ1) is 13.0. The van der Waals surface area contributed by atoms with E-state index in [1.54, 1.807) is 6.08 Å². The number of anilines is 2. The number of nitrogen functional groups attached to an aromatic ring is 1. The number of para-hydroxylation sites is 1. The van der Waals surface area contributed by atoms with E-state index in [0.29, 0.717) is 10.6 Å². The largest absolute Gasteiger partial charge is 0.397 e. The highest BCUT2D eigenvalue weighted by molar-refractivity contribution is 7.14. The van der Waals surface area contributed by atoms with Crippen molar-refractivity contribution in [2.45, 2.75) is 13.3 Å². The van der Waals surface area contributed by atoms with Crippen LogP contribution in [0.15, 0.2) is 49.1 Å². The number of hydrogen-bond acceptors (Lipinski definition) is 5. The number of hydrogen-bond donors (Lipinski definition) is 2. The lowest BCUT2D eigenvalue weighted by Gasteiger charge is -2.27. The van der Waals surface area contributed by atoms with Crippen LogP contribution in [0, 0.1) is 6.92 Å². The molecule has 0 atom stereocenters. The lowest BCUT2D eigenvalue weighted by atomic mass is 10.1. The number of thiophene rings is 1. The molecule has 1 aromatic carbocycles. The minimum Gasteiger partial charge on any atom is -0.397 e. The topological polar surface area (TPSA) is 75.6 Å². The Morgan fingerprint density at radius 1 is 1.19 bits per heavy atom. The monoisotopic (exact) mass is 382 g/mol. The van der Waals surface area contributed by atoms with Gasteiger partial charge in [-0.05, 0) is 31.6 Å². The summed E-state index contributed by atoms with van der Waals surface area (Å²) >= 11 is 1.36. The number of benzene rings is 1. The standard InChI is InChI=1S/C21H26N4OS/c1-3-8-17(18-15(2)27-20(19(18)22)21(23)26)25-12-7-11-24(13-14-25)16-9-5-4-6-10-16/h3-6,8-10H,1,7,11-14,22H2,2H3,(H2,23,26)/b17-8+. The van der Waals surface area contributed by atoms with Crippen molar-refractivity contribution in [2.75, 3.05) is 36.8 Å². The van der Waals surface area contributed by atoms with Crippen LogP contribution in [0.25, 0.3) is 5.70 Å². The molecule has 0 unspecified atom stereocenters. The van der Waals surface area contributed by atoms with Gasteiger partial charge in [0.05, 0.1) is 5.69 Å². The molecule has 3 rings (SSSR count). The normalized spacial score (nSPS) is 15.5. The van der Waals surface area contributed by atoms with Crippen LogP contribution >= 0.6 is 11.3 Å². The summed E-state index contributed by atoms with van der Waals surface area (Å²) in [5.74, 6) is -0.476. The Hall–Kier alpha value is -2.73. The van der Waals surface area contributed by atoms with Crippen LogP contribution in [0.3, 0.4) is 0 Å². The van der Waals surface area contributed by atoms with Crippen LogP contribution in [-0.2, 0) is 0 Å². The van der Waals surface area contributed by atoms with E-state index in [9.17, 15) is 4.79 Å². The summed E-state index contributed by atoms with van der Waals surface area (Å²) in [5.41, 5.74) is 15.4. The number of primary amides is 1. The van der Waals surface area contributed by atoms with Gasteiger partial charge < -0.3 is 21.3 Å². The highest BCUT2D eigenvalue weighted by Gasteiger charge is 2.24. The molecule has 1 amide bonds. The average Bonchev–Trinajstić information content (AvgIpc) is 2.84. The molecule has 0 radical (unpaired) electrons. The molecule has 1 saturated heterocycles. The number of carbonyl (C=O) groups excluding carboxylic acids is 1. The summed E-state index contributed by atoms with van der Waals surface area (Å²) in [7, 11) is 0. The predicted molar refractivity (Wildman–Crippen MR) is 115 cm³/mol. The maximum atomic E-state index is 11.7. The van der Waals surface area contributed by atoms with Gasteiger partial charge in [-0.1, -0.05) is 30.9 Å². The van der Waals surface area contributed by atoms with Crippen LogP contribution in [0.5, 0.6) is 0 Å². The molecule has 27 heavy (non-hydrogen) atoms. The van der Waals surface area contributed by atoms with Crippen LogP contribution in [-0.4, -0.2) is 37.0 Å². The number of nitrogens with two attached hydrogens (primary N) is 2. The van der Waals surface area contributed by atoms with Crippen LogP contribution in [0.4, 0.5) is 11.4 Å². The van der Waals surface area contributed by atoms with Gasteiger partial charge in [-0.25, -0.2) is 0 Å². The van der Waals surface area contributed by atoms with Gasteiger partial charge in [0.15, 0.2) is 0 Å². The Bertz CT molecular complexity index is 857. The van der Waals surface area contributed by atoms with Crippen LogP contribution in [0.2, 0.25) is 0 Å². The lowest BCUT2D eigenvalue weighted by molar-refractivity contribution is 0.100. The molecule has 1 fully saturated rings. The van der Waals surface area contributed by atoms with E-state index < -0.39 is 5.91 Å². The first-order valence-corrected chi connectivity index (χ1v) is 9.91. The summed E-state index contributed by atoms with van der Waals surface area (Å²) < 4.78 is 0. The van der Waals surface area contributed by atoms with Gasteiger partial charge in [0.1, 0.15) is 4.88 Å². The number of amides is 1. The number of carbonyl (C=O) groups is 1. The zero-order chi connectivity index (χ0) is 19.4. The Kier molecular flexibility index (Phi) is 5.86. The van der Waals surface area contributed by atoms with E-state index in [-0.39, 0.29) is 0 Å². The quantitative estimate of drug-likeness (QED) is 0.777. The summed E-state index contributed by atoms with van der Waals surface area (Å²) in [6.07, 6.45) is 4.79. The van der Waals surface area contributed by atoms with E-state index in [4.69, 9.17) is 11.5 Å². The molecule has 1 aliphatic heterocycles. The predicted octanol–water partition coefficient (Wildman–Crippen LogP) is 3.48. The van der Waals surface area contributed by atoms with Gasteiger partial charge in [0.25, 0.3) is 5.91 Å². The second-order valence-corrected chi connectivity index (χ2v) is 7.82. The lowest BCUT2D eigenvalue weighted by Crippen LogP contribution is -2.30. The third kappa shape index (κ3) is 4.01. The molecule has 0 bridgehead atoms. The molecular formula is C21H26N4OS. The van der Waals surface area contributed by atoms with Crippen molar-refractivity contribution in [3.63, 3.8) is 0 Å². The molecule has 142 valence electrons. The minimum atomic E-state index is -0.476. The van der Waals surface area contributed by atoms with Crippen molar-refractivity contribution in [1.82, 2.24) is 4.90 Å². The Balaban J connectivity index is 1.88. The van der Waals surface area contributed by atoms with Crippen LogP contribution < -0.4 is 16.4 Å². The minimum absolute atomic E-state index is 0.429. The Morgan fingerprint density at radius 3 is 2.56 bits per heavy atom. The summed E-state index contributed by atoms with van der Waals surface area (Å²) in [4.78, 5) is 17.9. The van der Waals surface area contributed by atoms with Gasteiger partial charge in [0.2, 0.25) is 0 Å². The third-order valence-corrected chi connectivity index (χ3v) is 5.97.